The second kappa shape index (κ2) is 25.0. The van der Waals surface area contributed by atoms with Gasteiger partial charge in [0.15, 0.2) is 17.7 Å². The van der Waals surface area contributed by atoms with Crippen molar-refractivity contribution in [3.05, 3.63) is 91.0 Å². The molecule has 4 aromatic rings. The summed E-state index contributed by atoms with van der Waals surface area (Å²) in [6, 6.07) is 18.7. The molecule has 3 N–H and O–H groups in total. The van der Waals surface area contributed by atoms with Gasteiger partial charge in [-0.1, -0.05) is 140 Å². The van der Waals surface area contributed by atoms with Gasteiger partial charge in [0.1, 0.15) is 10.6 Å². The number of fused-ring (bicyclic) bond motifs is 1. The fraction of sp³-hybridized carbons (Fsp3) is 0.490. The van der Waals surface area contributed by atoms with Gasteiger partial charge in [0, 0.05) is 36.7 Å². The number of unbranched alkanes of at least 4 members (excludes halogenated alkanes) is 15. The highest BCUT2D eigenvalue weighted by molar-refractivity contribution is 7.90. The quantitative estimate of drug-likeness (QED) is 0.0502. The molecule has 1 atom stereocenters. The van der Waals surface area contributed by atoms with E-state index in [1.807, 2.05) is 19.9 Å². The Morgan fingerprint density at radius 1 is 0.698 bits per heavy atom. The van der Waals surface area contributed by atoms with Gasteiger partial charge < -0.3 is 25.3 Å². The molecule has 3 aromatic carbocycles. The number of amidine groups is 1. The van der Waals surface area contributed by atoms with E-state index in [-0.39, 0.29) is 52.9 Å². The number of ether oxygens (including phenoxy) is 1. The van der Waals surface area contributed by atoms with E-state index in [0.29, 0.717) is 23.5 Å². The Kier molecular flexibility index (Phi) is 19.2. The lowest BCUT2D eigenvalue weighted by Gasteiger charge is -2.34. The highest BCUT2D eigenvalue weighted by Gasteiger charge is 2.42. The molecule has 3 amide bonds. The Labute approximate surface area is 374 Å². The Hall–Kier alpha value is -5.50. The monoisotopic (exact) mass is 881 g/mol. The summed E-state index contributed by atoms with van der Waals surface area (Å²) in [5.41, 5.74) is 1.34. The van der Waals surface area contributed by atoms with Gasteiger partial charge in [0.2, 0.25) is 5.91 Å². The van der Waals surface area contributed by atoms with Gasteiger partial charge in [0.05, 0.1) is 17.5 Å². The standard InChI is InChI=1S/C49H67N7O6S/c1-5-7-8-9-10-11-12-13-14-15-16-17-18-19-20-26-34-56-46(53-40-29-24-25-30-43(40)63(56,60)61)45(55-35-33-50-47(55)49(59)52-38-27-22-21-23-28-38)48(58)54-41-36-39(51-44(57)6-2)31-32-42(41)62-37(3)4/h21-25,27-33,35-37,45H,5-20,26,34H2,1-4H3,(H,51,57)(H,52,59)(H,54,58). The summed E-state index contributed by atoms with van der Waals surface area (Å²) in [6.07, 6.45) is 21.7. The van der Waals surface area contributed by atoms with E-state index in [9.17, 15) is 18.0 Å². The molecule has 0 aliphatic carbocycles. The third-order valence-electron chi connectivity index (χ3n) is 11.0. The van der Waals surface area contributed by atoms with Crippen molar-refractivity contribution in [2.45, 2.75) is 154 Å². The zero-order valence-corrected chi connectivity index (χ0v) is 38.4. The third-order valence-corrected chi connectivity index (χ3v) is 12.9. The summed E-state index contributed by atoms with van der Waals surface area (Å²) in [5.74, 6) is -1.43. The zero-order valence-electron chi connectivity index (χ0n) is 37.6. The predicted octanol–water partition coefficient (Wildman–Crippen LogP) is 11.4. The van der Waals surface area contributed by atoms with Gasteiger partial charge in [-0.15, -0.1) is 0 Å². The summed E-state index contributed by atoms with van der Waals surface area (Å²) in [4.78, 5) is 50.6. The number of carbonyl (C=O) groups is 3. The predicted molar refractivity (Wildman–Crippen MR) is 252 cm³/mol. The summed E-state index contributed by atoms with van der Waals surface area (Å²) >= 11 is 0. The lowest BCUT2D eigenvalue weighted by atomic mass is 10.0. The minimum Gasteiger partial charge on any atom is -0.489 e. The average Bonchev–Trinajstić information content (AvgIpc) is 3.75. The molecule has 1 aliphatic rings. The fourth-order valence-electron chi connectivity index (χ4n) is 7.71. The van der Waals surface area contributed by atoms with Crippen molar-refractivity contribution in [2.24, 2.45) is 4.99 Å². The smallest absolute Gasteiger partial charge is 0.291 e. The molecule has 0 bridgehead atoms. The summed E-state index contributed by atoms with van der Waals surface area (Å²) in [6.45, 7) is 7.75. The first-order chi connectivity index (χ1) is 30.5. The van der Waals surface area contributed by atoms with E-state index in [2.05, 4.69) is 27.9 Å². The van der Waals surface area contributed by atoms with Crippen LogP contribution in [0.1, 0.15) is 154 Å². The number of benzene rings is 3. The van der Waals surface area contributed by atoms with Crippen molar-refractivity contribution in [1.29, 1.82) is 0 Å². The number of nitrogens with zero attached hydrogens (tertiary/aromatic N) is 4. The maximum absolute atomic E-state index is 15.0. The van der Waals surface area contributed by atoms with Crippen LogP contribution >= 0.6 is 0 Å². The number of nitrogens with one attached hydrogen (secondary N) is 3. The molecule has 13 nitrogen and oxygen atoms in total. The number of aliphatic imine (C=N–C) groups is 1. The normalized spacial score (nSPS) is 13.5. The summed E-state index contributed by atoms with van der Waals surface area (Å²) in [5, 5.41) is 8.60. The number of sulfonamides is 1. The van der Waals surface area contributed by atoms with Crippen LogP contribution in [0.4, 0.5) is 22.7 Å². The average molecular weight is 882 g/mol. The molecule has 14 heteroatoms. The fourth-order valence-corrected chi connectivity index (χ4v) is 9.33. The topological polar surface area (TPSA) is 164 Å². The van der Waals surface area contributed by atoms with Gasteiger partial charge in [-0.05, 0) is 62.7 Å². The summed E-state index contributed by atoms with van der Waals surface area (Å²) in [7, 11) is -4.21. The molecule has 0 saturated heterocycles. The Bertz CT molecular complexity index is 2220. The number of anilines is 3. The van der Waals surface area contributed by atoms with Crippen molar-refractivity contribution >= 4 is 56.3 Å². The second-order valence-electron chi connectivity index (χ2n) is 16.5. The first kappa shape index (κ1) is 48.5. The Morgan fingerprint density at radius 3 is 1.92 bits per heavy atom. The van der Waals surface area contributed by atoms with E-state index in [4.69, 9.17) is 9.73 Å². The number of aromatic nitrogens is 2. The van der Waals surface area contributed by atoms with E-state index < -0.39 is 27.9 Å². The molecule has 1 unspecified atom stereocenters. The molecule has 0 fully saturated rings. The lowest BCUT2D eigenvalue weighted by molar-refractivity contribution is -0.118. The Balaban J connectivity index is 1.38. The highest BCUT2D eigenvalue weighted by Crippen LogP contribution is 2.37. The van der Waals surface area contributed by atoms with Crippen molar-refractivity contribution in [2.75, 3.05) is 22.5 Å². The van der Waals surface area contributed by atoms with Crippen molar-refractivity contribution in [3.8, 4) is 5.75 Å². The van der Waals surface area contributed by atoms with Crippen LogP contribution in [0, 0.1) is 0 Å². The van der Waals surface area contributed by atoms with Crippen LogP contribution in [0.5, 0.6) is 5.75 Å². The molecule has 5 rings (SSSR count). The highest BCUT2D eigenvalue weighted by atomic mass is 32.2. The molecular formula is C49H67N7O6S. The second-order valence-corrected chi connectivity index (χ2v) is 18.3. The van der Waals surface area contributed by atoms with Crippen LogP contribution in [-0.4, -0.2) is 58.5 Å². The van der Waals surface area contributed by atoms with E-state index >= 15 is 4.79 Å². The summed E-state index contributed by atoms with van der Waals surface area (Å²) < 4.78 is 37.9. The van der Waals surface area contributed by atoms with Gasteiger partial charge in [-0.25, -0.2) is 18.4 Å². The van der Waals surface area contributed by atoms with E-state index in [0.717, 1.165) is 25.7 Å². The molecule has 0 spiro atoms. The van der Waals surface area contributed by atoms with Gasteiger partial charge in [-0.3, -0.25) is 18.7 Å². The van der Waals surface area contributed by atoms with Crippen molar-refractivity contribution in [3.63, 3.8) is 0 Å². The van der Waals surface area contributed by atoms with Crippen LogP contribution in [-0.2, 0) is 19.6 Å². The molecule has 0 saturated carbocycles. The van der Waals surface area contributed by atoms with E-state index in [1.54, 1.807) is 67.6 Å². The van der Waals surface area contributed by atoms with Crippen LogP contribution in [0.2, 0.25) is 0 Å². The zero-order chi connectivity index (χ0) is 45.0. The lowest BCUT2D eigenvalue weighted by Crippen LogP contribution is -2.48. The van der Waals surface area contributed by atoms with E-state index in [1.165, 1.54) is 98.0 Å². The van der Waals surface area contributed by atoms with Gasteiger partial charge >= 0.3 is 0 Å². The molecule has 63 heavy (non-hydrogen) atoms. The minimum atomic E-state index is -4.21. The number of para-hydroxylation sites is 2. The molecular weight excluding hydrogens is 815 g/mol. The van der Waals surface area contributed by atoms with Crippen LogP contribution in [0.15, 0.2) is 95.1 Å². The van der Waals surface area contributed by atoms with Gasteiger partial charge in [-0.2, -0.15) is 0 Å². The molecule has 2 heterocycles. The molecule has 340 valence electrons. The Morgan fingerprint density at radius 2 is 1.30 bits per heavy atom. The number of carbonyl (C=O) groups excluding carboxylic acids is 3. The van der Waals surface area contributed by atoms with Crippen LogP contribution in [0.3, 0.4) is 0 Å². The SMILES string of the molecule is CCCCCCCCCCCCCCCCCCN1C(C(C(=O)Nc2cc(NC(=O)CC)ccc2OC(C)C)n2ccnc2C(=O)Nc2ccccc2)=Nc2ccccc2S1(=O)=O. The number of hydrogen-bond acceptors (Lipinski definition) is 8. The van der Waals surface area contributed by atoms with Crippen LogP contribution in [0.25, 0.3) is 0 Å². The molecule has 1 aliphatic heterocycles. The van der Waals surface area contributed by atoms with Gasteiger partial charge in [0.25, 0.3) is 21.8 Å². The van der Waals surface area contributed by atoms with Crippen LogP contribution < -0.4 is 20.7 Å². The third kappa shape index (κ3) is 14.3. The maximum Gasteiger partial charge on any atom is 0.291 e. The number of amides is 3. The van der Waals surface area contributed by atoms with Crippen molar-refractivity contribution < 1.29 is 27.5 Å². The molecule has 0 radical (unpaired) electrons. The largest absolute Gasteiger partial charge is 0.489 e. The first-order valence-corrected chi connectivity index (χ1v) is 24.5. The number of imidazole rings is 1. The number of rotatable bonds is 27. The number of hydrogen-bond donors (Lipinski definition) is 3. The van der Waals surface area contributed by atoms with Crippen molar-refractivity contribution in [1.82, 2.24) is 13.9 Å². The molecule has 1 aromatic heterocycles. The first-order valence-electron chi connectivity index (χ1n) is 23.0. The minimum absolute atomic E-state index is 0.0315. The maximum atomic E-state index is 15.0.